The third-order valence-electron chi connectivity index (χ3n) is 2.36. The monoisotopic (exact) mass is 222 g/mol. The molecule has 3 heteroatoms. The van der Waals surface area contributed by atoms with Gasteiger partial charge >= 0.3 is 5.97 Å². The Morgan fingerprint density at radius 2 is 2.25 bits per heavy atom. The zero-order chi connectivity index (χ0) is 12.0. The number of aliphatic hydroxyl groups excluding tert-OH is 1. The Labute approximate surface area is 96.1 Å². The van der Waals surface area contributed by atoms with Crippen LogP contribution in [0.4, 0.5) is 0 Å². The number of hydrogen-bond acceptors (Lipinski definition) is 3. The van der Waals surface area contributed by atoms with Crippen LogP contribution in [0, 0.1) is 0 Å². The van der Waals surface area contributed by atoms with Gasteiger partial charge in [0.1, 0.15) is 0 Å². The lowest BCUT2D eigenvalue weighted by Crippen LogP contribution is -2.05. The molecule has 0 saturated heterocycles. The lowest BCUT2D eigenvalue weighted by Gasteiger charge is -2.07. The Balaban J connectivity index is 2.54. The van der Waals surface area contributed by atoms with Gasteiger partial charge in [0.25, 0.3) is 0 Å². The van der Waals surface area contributed by atoms with Crippen molar-refractivity contribution in [3.05, 3.63) is 35.4 Å². The molecule has 0 amide bonds. The van der Waals surface area contributed by atoms with E-state index in [1.165, 1.54) is 0 Å². The van der Waals surface area contributed by atoms with Gasteiger partial charge in [0.05, 0.1) is 12.7 Å². The Hall–Kier alpha value is -1.35. The van der Waals surface area contributed by atoms with Gasteiger partial charge in [-0.05, 0) is 31.4 Å². The smallest absolute Gasteiger partial charge is 0.306 e. The van der Waals surface area contributed by atoms with Crippen LogP contribution in [0.1, 0.15) is 37.5 Å². The summed E-state index contributed by atoms with van der Waals surface area (Å²) in [5.74, 6) is -0.176. The number of rotatable bonds is 5. The first kappa shape index (κ1) is 12.7. The number of carbonyl (C=O) groups is 1. The number of esters is 1. The van der Waals surface area contributed by atoms with Crippen LogP contribution in [-0.4, -0.2) is 17.7 Å². The molecule has 1 atom stereocenters. The third-order valence-corrected chi connectivity index (χ3v) is 2.36. The Kier molecular flexibility index (Phi) is 4.99. The van der Waals surface area contributed by atoms with Gasteiger partial charge in [-0.3, -0.25) is 4.79 Å². The summed E-state index contributed by atoms with van der Waals surface area (Å²) in [6.45, 7) is 3.95. The first-order valence-electron chi connectivity index (χ1n) is 5.56. The normalized spacial score (nSPS) is 12.2. The molecule has 3 nitrogen and oxygen atoms in total. The van der Waals surface area contributed by atoms with Crippen molar-refractivity contribution >= 4 is 5.97 Å². The van der Waals surface area contributed by atoms with E-state index in [4.69, 9.17) is 4.74 Å². The topological polar surface area (TPSA) is 46.5 Å². The van der Waals surface area contributed by atoms with Crippen molar-refractivity contribution in [1.82, 2.24) is 0 Å². The minimum absolute atomic E-state index is 0.176. The van der Waals surface area contributed by atoms with Gasteiger partial charge in [0.2, 0.25) is 0 Å². The lowest BCUT2D eigenvalue weighted by atomic mass is 10.0. The highest BCUT2D eigenvalue weighted by Gasteiger charge is 2.05. The number of ether oxygens (including phenoxy) is 1. The second-order valence-electron chi connectivity index (χ2n) is 3.73. The molecule has 0 saturated carbocycles. The molecule has 0 aromatic heterocycles. The average Bonchev–Trinajstić information content (AvgIpc) is 2.27. The maximum atomic E-state index is 11.2. The minimum Gasteiger partial charge on any atom is -0.466 e. The molecule has 0 bridgehead atoms. The van der Waals surface area contributed by atoms with Crippen molar-refractivity contribution in [1.29, 1.82) is 0 Å². The van der Waals surface area contributed by atoms with Crippen molar-refractivity contribution in [2.45, 2.75) is 32.8 Å². The minimum atomic E-state index is -0.470. The second kappa shape index (κ2) is 6.28. The Morgan fingerprint density at radius 3 is 2.88 bits per heavy atom. The zero-order valence-corrected chi connectivity index (χ0v) is 9.77. The highest BCUT2D eigenvalue weighted by molar-refractivity contribution is 5.69. The van der Waals surface area contributed by atoms with Gasteiger partial charge < -0.3 is 9.84 Å². The van der Waals surface area contributed by atoms with Gasteiger partial charge in [0, 0.05) is 6.42 Å². The number of carbonyl (C=O) groups excluding carboxylic acids is 1. The van der Waals surface area contributed by atoms with Crippen LogP contribution >= 0.6 is 0 Å². The van der Waals surface area contributed by atoms with Gasteiger partial charge in [-0.1, -0.05) is 24.3 Å². The van der Waals surface area contributed by atoms with Crippen LogP contribution in [0.5, 0.6) is 0 Å². The highest BCUT2D eigenvalue weighted by atomic mass is 16.5. The molecular weight excluding hydrogens is 204 g/mol. The van der Waals surface area contributed by atoms with Crippen molar-refractivity contribution in [2.75, 3.05) is 6.61 Å². The third kappa shape index (κ3) is 4.03. The van der Waals surface area contributed by atoms with Crippen LogP contribution in [0.15, 0.2) is 24.3 Å². The number of hydrogen-bond donors (Lipinski definition) is 1. The molecule has 16 heavy (non-hydrogen) atoms. The molecule has 1 unspecified atom stereocenters. The first-order chi connectivity index (χ1) is 7.63. The molecular formula is C13H18O3. The van der Waals surface area contributed by atoms with Crippen LogP contribution < -0.4 is 0 Å². The van der Waals surface area contributed by atoms with E-state index < -0.39 is 6.10 Å². The summed E-state index contributed by atoms with van der Waals surface area (Å²) in [6.07, 6.45) is 0.568. The lowest BCUT2D eigenvalue weighted by molar-refractivity contribution is -0.143. The molecule has 0 fully saturated rings. The number of aliphatic hydroxyl groups is 1. The molecule has 1 aromatic carbocycles. The van der Waals surface area contributed by atoms with Crippen LogP contribution in [-0.2, 0) is 16.0 Å². The number of benzene rings is 1. The second-order valence-corrected chi connectivity index (χ2v) is 3.73. The summed E-state index contributed by atoms with van der Waals surface area (Å²) >= 11 is 0. The van der Waals surface area contributed by atoms with Crippen molar-refractivity contribution in [2.24, 2.45) is 0 Å². The van der Waals surface area contributed by atoms with E-state index in [0.29, 0.717) is 19.4 Å². The largest absolute Gasteiger partial charge is 0.466 e. The number of aryl methyl sites for hydroxylation is 1. The van der Waals surface area contributed by atoms with E-state index in [2.05, 4.69) is 0 Å². The SMILES string of the molecule is CCOC(=O)CCc1cccc(C(C)O)c1. The fraction of sp³-hybridized carbons (Fsp3) is 0.462. The summed E-state index contributed by atoms with van der Waals surface area (Å²) in [5, 5.41) is 9.42. The maximum Gasteiger partial charge on any atom is 0.306 e. The van der Waals surface area contributed by atoms with Crippen LogP contribution in [0.3, 0.4) is 0 Å². The summed E-state index contributed by atoms with van der Waals surface area (Å²) in [6, 6.07) is 7.63. The van der Waals surface area contributed by atoms with Crippen molar-refractivity contribution < 1.29 is 14.6 Å². The van der Waals surface area contributed by atoms with Crippen LogP contribution in [0.25, 0.3) is 0 Å². The molecule has 1 N–H and O–H groups in total. The summed E-state index contributed by atoms with van der Waals surface area (Å²) in [5.41, 5.74) is 1.92. The van der Waals surface area contributed by atoms with E-state index in [1.807, 2.05) is 24.3 Å². The van der Waals surface area contributed by atoms with Crippen LogP contribution in [0.2, 0.25) is 0 Å². The average molecular weight is 222 g/mol. The summed E-state index contributed by atoms with van der Waals surface area (Å²) in [4.78, 5) is 11.2. The van der Waals surface area contributed by atoms with Gasteiger partial charge in [-0.2, -0.15) is 0 Å². The van der Waals surface area contributed by atoms with Gasteiger partial charge in [-0.25, -0.2) is 0 Å². The molecule has 1 aromatic rings. The molecule has 0 aliphatic rings. The van der Waals surface area contributed by atoms with E-state index in [-0.39, 0.29) is 5.97 Å². The van der Waals surface area contributed by atoms with E-state index >= 15 is 0 Å². The van der Waals surface area contributed by atoms with E-state index in [9.17, 15) is 9.90 Å². The highest BCUT2D eigenvalue weighted by Crippen LogP contribution is 2.14. The molecule has 0 spiro atoms. The zero-order valence-electron chi connectivity index (χ0n) is 9.77. The molecule has 88 valence electrons. The van der Waals surface area contributed by atoms with Crippen molar-refractivity contribution in [3.8, 4) is 0 Å². The molecule has 0 heterocycles. The van der Waals surface area contributed by atoms with Gasteiger partial charge in [0.15, 0.2) is 0 Å². The van der Waals surface area contributed by atoms with E-state index in [0.717, 1.165) is 11.1 Å². The van der Waals surface area contributed by atoms with Gasteiger partial charge in [-0.15, -0.1) is 0 Å². The standard InChI is InChI=1S/C13H18O3/c1-3-16-13(15)8-7-11-5-4-6-12(9-11)10(2)14/h4-6,9-10,14H,3,7-8H2,1-2H3. The quantitative estimate of drug-likeness (QED) is 0.777. The molecule has 0 aliphatic heterocycles. The maximum absolute atomic E-state index is 11.2. The fourth-order valence-electron chi connectivity index (χ4n) is 1.49. The van der Waals surface area contributed by atoms with E-state index in [1.54, 1.807) is 13.8 Å². The fourth-order valence-corrected chi connectivity index (χ4v) is 1.49. The Morgan fingerprint density at radius 1 is 1.50 bits per heavy atom. The Bertz CT molecular complexity index is 345. The predicted molar refractivity (Wildman–Crippen MR) is 62.0 cm³/mol. The summed E-state index contributed by atoms with van der Waals surface area (Å²) < 4.78 is 4.85. The molecule has 1 rings (SSSR count). The predicted octanol–water partition coefficient (Wildman–Crippen LogP) is 2.24. The van der Waals surface area contributed by atoms with Crippen molar-refractivity contribution in [3.63, 3.8) is 0 Å². The molecule has 0 aliphatic carbocycles. The first-order valence-corrected chi connectivity index (χ1v) is 5.56. The summed E-state index contributed by atoms with van der Waals surface area (Å²) in [7, 11) is 0. The molecule has 0 radical (unpaired) electrons.